The van der Waals surface area contributed by atoms with Crippen molar-refractivity contribution in [1.29, 1.82) is 0 Å². The molecule has 1 aromatic carbocycles. The lowest BCUT2D eigenvalue weighted by Crippen LogP contribution is -2.53. The van der Waals surface area contributed by atoms with Crippen molar-refractivity contribution in [2.75, 3.05) is 44.7 Å². The number of pyridine rings is 1. The topological polar surface area (TPSA) is 59.6 Å². The van der Waals surface area contributed by atoms with Gasteiger partial charge in [0.1, 0.15) is 5.82 Å². The van der Waals surface area contributed by atoms with Gasteiger partial charge in [0.15, 0.2) is 5.96 Å². The zero-order chi connectivity index (χ0) is 19.3. The number of nitrogens with zero attached hydrogens (tertiary/aromatic N) is 4. The van der Waals surface area contributed by atoms with E-state index in [2.05, 4.69) is 67.5 Å². The monoisotopic (exact) mass is 376 g/mol. The Morgan fingerprint density at radius 1 is 1.14 bits per heavy atom. The van der Waals surface area contributed by atoms with Gasteiger partial charge in [-0.05, 0) is 42.7 Å². The van der Waals surface area contributed by atoms with Crippen LogP contribution in [0, 0.1) is 6.92 Å². The molecule has 0 atom stereocenters. The van der Waals surface area contributed by atoms with E-state index in [9.17, 15) is 0 Å². The molecule has 0 radical (unpaired) electrons. The lowest BCUT2D eigenvalue weighted by molar-refractivity contribution is 0.372. The van der Waals surface area contributed by atoms with Gasteiger partial charge in [-0.25, -0.2) is 4.98 Å². The highest BCUT2D eigenvalue weighted by atomic mass is 15.4. The first-order valence-corrected chi connectivity index (χ1v) is 9.93. The molecule has 0 aliphatic carbocycles. The van der Waals surface area contributed by atoms with Crippen LogP contribution in [0.4, 0.5) is 5.82 Å². The Morgan fingerprint density at radius 3 is 2.75 bits per heavy atom. The first kappa shape index (κ1) is 18.3. The normalized spacial score (nSPS) is 15.3. The van der Waals surface area contributed by atoms with Crippen LogP contribution in [-0.2, 0) is 6.42 Å². The van der Waals surface area contributed by atoms with Gasteiger partial charge >= 0.3 is 0 Å². The molecule has 146 valence electrons. The Labute approximate surface area is 166 Å². The number of hydrogen-bond donors (Lipinski definition) is 2. The molecule has 0 amide bonds. The lowest BCUT2D eigenvalue weighted by atomic mass is 10.1. The number of aromatic nitrogens is 2. The molecule has 2 N–H and O–H groups in total. The molecule has 1 aliphatic rings. The van der Waals surface area contributed by atoms with Crippen LogP contribution in [-0.4, -0.2) is 60.6 Å². The van der Waals surface area contributed by atoms with Crippen molar-refractivity contribution < 1.29 is 0 Å². The molecule has 0 saturated carbocycles. The summed E-state index contributed by atoms with van der Waals surface area (Å²) >= 11 is 0. The van der Waals surface area contributed by atoms with Crippen LogP contribution in [0.3, 0.4) is 0 Å². The van der Waals surface area contributed by atoms with Gasteiger partial charge in [0.25, 0.3) is 0 Å². The number of hydrogen-bond acceptors (Lipinski definition) is 3. The molecule has 28 heavy (non-hydrogen) atoms. The van der Waals surface area contributed by atoms with Gasteiger partial charge in [0.2, 0.25) is 0 Å². The molecule has 1 aliphatic heterocycles. The molecule has 0 bridgehead atoms. The van der Waals surface area contributed by atoms with Crippen molar-refractivity contribution >= 4 is 22.7 Å². The summed E-state index contributed by atoms with van der Waals surface area (Å²) in [4.78, 5) is 17.0. The Bertz CT molecular complexity index is 938. The summed E-state index contributed by atoms with van der Waals surface area (Å²) in [6, 6.07) is 12.5. The number of aromatic amines is 1. The van der Waals surface area contributed by atoms with Crippen molar-refractivity contribution in [2.24, 2.45) is 4.99 Å². The SMILES string of the molecule is CN=C(NCCc1c[nH]c2cccc(C)c12)N1CCN(c2ccccn2)CC1. The van der Waals surface area contributed by atoms with Gasteiger partial charge in [-0.2, -0.15) is 0 Å². The van der Waals surface area contributed by atoms with Gasteiger partial charge in [-0.3, -0.25) is 4.99 Å². The standard InChI is InChI=1S/C22H28N6/c1-17-6-5-7-19-21(17)18(16-26-19)9-11-25-22(23-2)28-14-12-27(13-15-28)20-8-3-4-10-24-20/h3-8,10,16,26H,9,11-15H2,1-2H3,(H,23,25). The highest BCUT2D eigenvalue weighted by molar-refractivity contribution is 5.86. The summed E-state index contributed by atoms with van der Waals surface area (Å²) in [6.45, 7) is 6.85. The van der Waals surface area contributed by atoms with E-state index < -0.39 is 0 Å². The van der Waals surface area contributed by atoms with Gasteiger partial charge in [0, 0.05) is 63.1 Å². The van der Waals surface area contributed by atoms with Gasteiger partial charge in [0.05, 0.1) is 0 Å². The maximum absolute atomic E-state index is 4.50. The fourth-order valence-electron chi connectivity index (χ4n) is 3.98. The van der Waals surface area contributed by atoms with Crippen LogP contribution in [0.15, 0.2) is 53.8 Å². The van der Waals surface area contributed by atoms with Gasteiger partial charge in [-0.15, -0.1) is 0 Å². The average molecular weight is 377 g/mol. The number of aliphatic imine (C=N–C) groups is 1. The molecule has 1 fully saturated rings. The van der Waals surface area contributed by atoms with E-state index in [-0.39, 0.29) is 0 Å². The maximum Gasteiger partial charge on any atom is 0.193 e. The van der Waals surface area contributed by atoms with E-state index in [4.69, 9.17) is 0 Å². The van der Waals surface area contributed by atoms with Crippen molar-refractivity contribution in [3.8, 4) is 0 Å². The first-order chi connectivity index (χ1) is 13.8. The van der Waals surface area contributed by atoms with E-state index in [1.807, 2.05) is 25.4 Å². The second kappa shape index (κ2) is 8.33. The molecular formula is C22H28N6. The number of nitrogens with one attached hydrogen (secondary N) is 2. The van der Waals surface area contributed by atoms with Crippen molar-refractivity contribution in [1.82, 2.24) is 20.2 Å². The van der Waals surface area contributed by atoms with E-state index >= 15 is 0 Å². The molecule has 6 nitrogen and oxygen atoms in total. The maximum atomic E-state index is 4.50. The van der Waals surface area contributed by atoms with Crippen LogP contribution in [0.1, 0.15) is 11.1 Å². The van der Waals surface area contributed by atoms with E-state index in [1.165, 1.54) is 22.0 Å². The molecule has 0 spiro atoms. The van der Waals surface area contributed by atoms with Crippen LogP contribution >= 0.6 is 0 Å². The second-order valence-electron chi connectivity index (χ2n) is 7.20. The quantitative estimate of drug-likeness (QED) is 0.543. The number of anilines is 1. The van der Waals surface area contributed by atoms with E-state index in [0.717, 1.165) is 50.9 Å². The largest absolute Gasteiger partial charge is 0.361 e. The van der Waals surface area contributed by atoms with Crippen LogP contribution in [0.25, 0.3) is 10.9 Å². The molecule has 3 aromatic rings. The molecule has 2 aromatic heterocycles. The smallest absolute Gasteiger partial charge is 0.193 e. The Hall–Kier alpha value is -3.02. The number of fused-ring (bicyclic) bond motifs is 1. The Kier molecular flexibility index (Phi) is 5.46. The third kappa shape index (κ3) is 3.81. The van der Waals surface area contributed by atoms with Crippen molar-refractivity contribution in [2.45, 2.75) is 13.3 Å². The predicted octanol–water partition coefficient (Wildman–Crippen LogP) is 2.81. The molecule has 3 heterocycles. The van der Waals surface area contributed by atoms with Crippen molar-refractivity contribution in [3.63, 3.8) is 0 Å². The summed E-state index contributed by atoms with van der Waals surface area (Å²) in [5.41, 5.74) is 3.89. The molecule has 1 saturated heterocycles. The van der Waals surface area contributed by atoms with E-state index in [0.29, 0.717) is 0 Å². The summed E-state index contributed by atoms with van der Waals surface area (Å²) in [5.74, 6) is 2.04. The van der Waals surface area contributed by atoms with Gasteiger partial charge in [-0.1, -0.05) is 18.2 Å². The number of rotatable bonds is 4. The second-order valence-corrected chi connectivity index (χ2v) is 7.20. The average Bonchev–Trinajstić information content (AvgIpc) is 3.16. The third-order valence-electron chi connectivity index (χ3n) is 5.44. The minimum Gasteiger partial charge on any atom is -0.361 e. The summed E-state index contributed by atoms with van der Waals surface area (Å²) in [7, 11) is 1.86. The number of benzene rings is 1. The molecular weight excluding hydrogens is 348 g/mol. The fourth-order valence-corrected chi connectivity index (χ4v) is 3.98. The molecule has 0 unspecified atom stereocenters. The zero-order valence-electron chi connectivity index (χ0n) is 16.7. The number of guanidine groups is 1. The highest BCUT2D eigenvalue weighted by Crippen LogP contribution is 2.22. The van der Waals surface area contributed by atoms with Gasteiger partial charge < -0.3 is 20.1 Å². The minimum absolute atomic E-state index is 0.869. The van der Waals surface area contributed by atoms with Crippen LogP contribution in [0.2, 0.25) is 0 Å². The minimum atomic E-state index is 0.869. The number of piperazine rings is 1. The first-order valence-electron chi connectivity index (χ1n) is 9.93. The summed E-state index contributed by atoms with van der Waals surface area (Å²) in [6.07, 6.45) is 4.96. The van der Waals surface area contributed by atoms with Crippen LogP contribution < -0.4 is 10.2 Å². The van der Waals surface area contributed by atoms with Crippen LogP contribution in [0.5, 0.6) is 0 Å². The highest BCUT2D eigenvalue weighted by Gasteiger charge is 2.20. The molecule has 6 heteroatoms. The number of H-pyrrole nitrogens is 1. The summed E-state index contributed by atoms with van der Waals surface area (Å²) in [5, 5.41) is 4.89. The third-order valence-corrected chi connectivity index (χ3v) is 5.44. The number of aryl methyl sites for hydroxylation is 1. The Balaban J connectivity index is 1.32. The Morgan fingerprint density at radius 2 is 2.00 bits per heavy atom. The predicted molar refractivity (Wildman–Crippen MR) is 116 cm³/mol. The molecule has 4 rings (SSSR count). The van der Waals surface area contributed by atoms with Crippen molar-refractivity contribution in [3.05, 3.63) is 59.9 Å². The zero-order valence-corrected chi connectivity index (χ0v) is 16.7. The lowest BCUT2D eigenvalue weighted by Gasteiger charge is -2.37. The van der Waals surface area contributed by atoms with E-state index in [1.54, 1.807) is 0 Å². The summed E-state index contributed by atoms with van der Waals surface area (Å²) < 4.78 is 0. The fraction of sp³-hybridized carbons (Fsp3) is 0.364.